The van der Waals surface area contributed by atoms with Gasteiger partial charge >= 0.3 is 0 Å². The van der Waals surface area contributed by atoms with Gasteiger partial charge in [-0.2, -0.15) is 0 Å². The summed E-state index contributed by atoms with van der Waals surface area (Å²) in [6.07, 6.45) is 8.79. The van der Waals surface area contributed by atoms with Crippen LogP contribution in [0.1, 0.15) is 65.7 Å². The van der Waals surface area contributed by atoms with Gasteiger partial charge in [-0.05, 0) is 45.4 Å². The van der Waals surface area contributed by atoms with E-state index in [-0.39, 0.29) is 17.9 Å². The number of carbonyl (C=O) groups is 1. The van der Waals surface area contributed by atoms with Crippen molar-refractivity contribution in [3.63, 3.8) is 0 Å². The van der Waals surface area contributed by atoms with Crippen molar-refractivity contribution in [2.45, 2.75) is 71.8 Å². The maximum Gasteiger partial charge on any atom is 0.223 e. The van der Waals surface area contributed by atoms with Crippen LogP contribution >= 0.6 is 0 Å². The van der Waals surface area contributed by atoms with E-state index in [1.54, 1.807) is 0 Å². The Morgan fingerprint density at radius 2 is 2.09 bits per heavy atom. The van der Waals surface area contributed by atoms with Crippen LogP contribution in [0.25, 0.3) is 0 Å². The number of carbonyl (C=O) groups excluding carboxylic acids is 1. The van der Waals surface area contributed by atoms with Gasteiger partial charge in [0.05, 0.1) is 10.9 Å². The predicted octanol–water partition coefficient (Wildman–Crippen LogP) is 4.17. The highest BCUT2D eigenvalue weighted by Crippen LogP contribution is 2.33. The second-order valence-corrected chi connectivity index (χ2v) is 7.77. The highest BCUT2D eigenvalue weighted by molar-refractivity contribution is 7.83. The van der Waals surface area contributed by atoms with Gasteiger partial charge in [0.2, 0.25) is 5.91 Å². The van der Waals surface area contributed by atoms with Gasteiger partial charge in [0.15, 0.2) is 11.1 Å². The Hall–Kier alpha value is -0.940. The molecule has 0 aromatic carbocycles. The van der Waals surface area contributed by atoms with Crippen LogP contribution in [0.4, 0.5) is 0 Å². The molecule has 0 heterocycles. The summed E-state index contributed by atoms with van der Waals surface area (Å²) in [7, 11) is 0. The summed E-state index contributed by atoms with van der Waals surface area (Å²) in [5.74, 6) is 0.432. The normalized spacial score (nSPS) is 18.4. The molecule has 4 nitrogen and oxygen atoms in total. The van der Waals surface area contributed by atoms with Crippen LogP contribution in [0.3, 0.4) is 0 Å². The Kier molecular flexibility index (Phi) is 8.77. The molecule has 0 aliphatic heterocycles. The molecule has 1 aliphatic rings. The summed E-state index contributed by atoms with van der Waals surface area (Å²) in [6, 6.07) is -0.328. The Morgan fingerprint density at radius 1 is 1.43 bits per heavy atom. The van der Waals surface area contributed by atoms with Gasteiger partial charge in [-0.3, -0.25) is 4.79 Å². The van der Waals surface area contributed by atoms with E-state index in [1.807, 2.05) is 26.8 Å². The minimum absolute atomic E-state index is 0.0254. The van der Waals surface area contributed by atoms with Crippen LogP contribution in [0.2, 0.25) is 0 Å². The first-order valence-electron chi connectivity index (χ1n) is 8.56. The molecule has 3 unspecified atom stereocenters. The van der Waals surface area contributed by atoms with E-state index in [2.05, 4.69) is 11.9 Å². The van der Waals surface area contributed by atoms with E-state index in [4.69, 9.17) is 0 Å². The fourth-order valence-corrected chi connectivity index (χ4v) is 3.70. The van der Waals surface area contributed by atoms with Crippen LogP contribution in [-0.4, -0.2) is 20.7 Å². The lowest BCUT2D eigenvalue weighted by Gasteiger charge is -2.31. The SMILES string of the molecule is C=CCCCC(C)C(=O)NC(CC1CCC1)C(=C(C)C)S(=O)O. The quantitative estimate of drug-likeness (QED) is 0.356. The number of allylic oxidation sites excluding steroid dienone is 2. The lowest BCUT2D eigenvalue weighted by molar-refractivity contribution is -0.125. The van der Waals surface area contributed by atoms with Crippen molar-refractivity contribution in [1.82, 2.24) is 5.32 Å². The van der Waals surface area contributed by atoms with Gasteiger partial charge in [0, 0.05) is 5.92 Å². The summed E-state index contributed by atoms with van der Waals surface area (Å²) in [4.78, 5) is 12.9. The smallest absolute Gasteiger partial charge is 0.223 e. The lowest BCUT2D eigenvalue weighted by Crippen LogP contribution is -2.42. The fourth-order valence-electron chi connectivity index (χ4n) is 2.95. The third kappa shape index (κ3) is 6.60. The largest absolute Gasteiger partial charge is 0.348 e. The number of unbranched alkanes of at least 4 members (excludes halogenated alkanes) is 1. The van der Waals surface area contributed by atoms with E-state index >= 15 is 0 Å². The molecule has 3 atom stereocenters. The van der Waals surface area contributed by atoms with E-state index in [0.717, 1.165) is 44.1 Å². The molecule has 0 bridgehead atoms. The van der Waals surface area contributed by atoms with Crippen molar-refractivity contribution in [2.75, 3.05) is 0 Å². The second kappa shape index (κ2) is 10.0. The predicted molar refractivity (Wildman–Crippen MR) is 96.2 cm³/mol. The van der Waals surface area contributed by atoms with Gasteiger partial charge in [0.25, 0.3) is 0 Å². The van der Waals surface area contributed by atoms with E-state index in [1.165, 1.54) is 6.42 Å². The monoisotopic (exact) mass is 341 g/mol. The van der Waals surface area contributed by atoms with E-state index in [0.29, 0.717) is 10.8 Å². The molecule has 0 aromatic heterocycles. The molecule has 23 heavy (non-hydrogen) atoms. The molecular formula is C18H31NO3S. The van der Waals surface area contributed by atoms with E-state index < -0.39 is 11.1 Å². The van der Waals surface area contributed by atoms with Crippen molar-refractivity contribution >= 4 is 17.0 Å². The van der Waals surface area contributed by atoms with Crippen LogP contribution in [-0.2, 0) is 15.9 Å². The molecule has 0 radical (unpaired) electrons. The van der Waals surface area contributed by atoms with Crippen LogP contribution in [0, 0.1) is 11.8 Å². The van der Waals surface area contributed by atoms with Crippen molar-refractivity contribution in [1.29, 1.82) is 0 Å². The zero-order chi connectivity index (χ0) is 17.4. The summed E-state index contributed by atoms with van der Waals surface area (Å²) in [5, 5.41) is 3.03. The summed E-state index contributed by atoms with van der Waals surface area (Å²) in [6.45, 7) is 9.27. The topological polar surface area (TPSA) is 66.4 Å². The van der Waals surface area contributed by atoms with Crippen molar-refractivity contribution in [2.24, 2.45) is 11.8 Å². The van der Waals surface area contributed by atoms with Crippen LogP contribution in [0.5, 0.6) is 0 Å². The molecule has 0 aromatic rings. The van der Waals surface area contributed by atoms with Gasteiger partial charge < -0.3 is 9.87 Å². The van der Waals surface area contributed by atoms with Gasteiger partial charge in [0.1, 0.15) is 0 Å². The second-order valence-electron chi connectivity index (χ2n) is 6.83. The summed E-state index contributed by atoms with van der Waals surface area (Å²) >= 11 is -2.04. The third-order valence-electron chi connectivity index (χ3n) is 4.60. The van der Waals surface area contributed by atoms with E-state index in [9.17, 15) is 13.6 Å². The Labute approximate surface area is 143 Å². The number of hydrogen-bond acceptors (Lipinski definition) is 2. The van der Waals surface area contributed by atoms with Gasteiger partial charge in [-0.1, -0.05) is 37.8 Å². The maximum absolute atomic E-state index is 12.4. The van der Waals surface area contributed by atoms with Crippen LogP contribution < -0.4 is 5.32 Å². The van der Waals surface area contributed by atoms with Crippen molar-refractivity contribution in [3.05, 3.63) is 23.1 Å². The summed E-state index contributed by atoms with van der Waals surface area (Å²) in [5.41, 5.74) is 0.815. The minimum atomic E-state index is -2.04. The lowest BCUT2D eigenvalue weighted by atomic mass is 9.80. The highest BCUT2D eigenvalue weighted by Gasteiger charge is 2.29. The number of amides is 1. The van der Waals surface area contributed by atoms with Crippen molar-refractivity contribution < 1.29 is 13.6 Å². The molecule has 0 spiro atoms. The Morgan fingerprint density at radius 3 is 2.52 bits per heavy atom. The molecule has 1 fully saturated rings. The first-order valence-corrected chi connectivity index (χ1v) is 9.67. The zero-order valence-electron chi connectivity index (χ0n) is 14.6. The Bertz CT molecular complexity index is 465. The number of rotatable bonds is 10. The zero-order valence-corrected chi connectivity index (χ0v) is 15.5. The molecule has 1 saturated carbocycles. The first-order chi connectivity index (χ1) is 10.9. The molecule has 5 heteroatoms. The number of nitrogens with one attached hydrogen (secondary N) is 1. The third-order valence-corrected chi connectivity index (χ3v) is 5.67. The average molecular weight is 342 g/mol. The highest BCUT2D eigenvalue weighted by atomic mass is 32.2. The molecule has 0 saturated heterocycles. The maximum atomic E-state index is 12.4. The van der Waals surface area contributed by atoms with Crippen molar-refractivity contribution in [3.8, 4) is 0 Å². The molecule has 2 N–H and O–H groups in total. The Balaban J connectivity index is 2.75. The minimum Gasteiger partial charge on any atom is -0.348 e. The first kappa shape index (κ1) is 20.1. The number of hydrogen-bond donors (Lipinski definition) is 2. The molecule has 132 valence electrons. The molecule has 1 aliphatic carbocycles. The van der Waals surface area contributed by atoms with Gasteiger partial charge in [-0.25, -0.2) is 4.21 Å². The fraction of sp³-hybridized carbons (Fsp3) is 0.722. The molecular weight excluding hydrogens is 310 g/mol. The average Bonchev–Trinajstić information content (AvgIpc) is 2.41. The standard InChI is InChI=1S/C18H31NO3S/c1-5-6-7-9-14(4)18(20)19-16(12-15-10-8-11-15)17(13(2)3)23(21)22/h5,14-16H,1,6-12H2,2-4H3,(H,19,20)(H,21,22). The van der Waals surface area contributed by atoms with Crippen LogP contribution in [0.15, 0.2) is 23.1 Å². The molecule has 1 amide bonds. The van der Waals surface area contributed by atoms with Gasteiger partial charge in [-0.15, -0.1) is 6.58 Å². The summed E-state index contributed by atoms with van der Waals surface area (Å²) < 4.78 is 21.4. The molecule has 1 rings (SSSR count).